The Morgan fingerprint density at radius 1 is 1.18 bits per heavy atom. The van der Waals surface area contributed by atoms with Crippen LogP contribution in [0.25, 0.3) is 0 Å². The largest absolute Gasteiger partial charge is 0.379 e. The van der Waals surface area contributed by atoms with Gasteiger partial charge in [0, 0.05) is 13.2 Å². The van der Waals surface area contributed by atoms with Gasteiger partial charge in [0.1, 0.15) is 0 Å². The van der Waals surface area contributed by atoms with E-state index in [1.807, 2.05) is 7.11 Å². The zero-order valence-electron chi connectivity index (χ0n) is 12.4. The molecule has 2 unspecified atom stereocenters. The second kappa shape index (κ2) is 6.75. The molecule has 0 aromatic rings. The molecule has 0 radical (unpaired) electrons. The van der Waals surface area contributed by atoms with Gasteiger partial charge in [0.25, 0.3) is 0 Å². The van der Waals surface area contributed by atoms with Gasteiger partial charge >= 0.3 is 0 Å². The summed E-state index contributed by atoms with van der Waals surface area (Å²) in [6.07, 6.45) is 8.69. The molecule has 2 nitrogen and oxygen atoms in total. The van der Waals surface area contributed by atoms with E-state index in [-0.39, 0.29) is 5.41 Å². The molecule has 2 atom stereocenters. The highest BCUT2D eigenvalue weighted by molar-refractivity contribution is 4.87. The summed E-state index contributed by atoms with van der Waals surface area (Å²) in [7, 11) is 3.92. The molecule has 0 saturated heterocycles. The summed E-state index contributed by atoms with van der Waals surface area (Å²) >= 11 is 0. The van der Waals surface area contributed by atoms with Crippen LogP contribution in [0.4, 0.5) is 0 Å². The first-order valence-electron chi connectivity index (χ1n) is 7.19. The molecule has 1 N–H and O–H groups in total. The molecule has 0 spiro atoms. The third-order valence-electron chi connectivity index (χ3n) is 4.16. The zero-order chi connectivity index (χ0) is 12.9. The van der Waals surface area contributed by atoms with E-state index in [0.717, 1.165) is 5.92 Å². The number of likely N-dealkylation sites (N-methyl/N-ethyl adjacent to an activating group) is 1. The summed E-state index contributed by atoms with van der Waals surface area (Å²) < 4.78 is 5.75. The summed E-state index contributed by atoms with van der Waals surface area (Å²) in [5.41, 5.74) is 0.205. The molecule has 2 heteroatoms. The fourth-order valence-corrected chi connectivity index (χ4v) is 3.30. The highest BCUT2D eigenvalue weighted by atomic mass is 16.5. The maximum atomic E-state index is 5.75. The normalized spacial score (nSPS) is 22.4. The van der Waals surface area contributed by atoms with Crippen LogP contribution in [0.2, 0.25) is 0 Å². The lowest BCUT2D eigenvalue weighted by Crippen LogP contribution is -2.47. The number of rotatable bonds is 5. The maximum Gasteiger partial charge on any atom is 0.0772 e. The Hall–Kier alpha value is -0.0800. The van der Waals surface area contributed by atoms with Gasteiger partial charge in [-0.1, -0.05) is 52.9 Å². The van der Waals surface area contributed by atoms with Crippen molar-refractivity contribution < 1.29 is 4.74 Å². The van der Waals surface area contributed by atoms with Crippen LogP contribution in [0, 0.1) is 11.3 Å². The van der Waals surface area contributed by atoms with E-state index in [2.05, 4.69) is 33.1 Å². The lowest BCUT2D eigenvalue weighted by molar-refractivity contribution is -0.0163. The topological polar surface area (TPSA) is 21.3 Å². The molecule has 0 aromatic carbocycles. The van der Waals surface area contributed by atoms with Crippen molar-refractivity contribution in [2.75, 3.05) is 14.2 Å². The van der Waals surface area contributed by atoms with Gasteiger partial charge in [-0.2, -0.15) is 0 Å². The minimum absolute atomic E-state index is 0.205. The Morgan fingerprint density at radius 3 is 2.18 bits per heavy atom. The van der Waals surface area contributed by atoms with Gasteiger partial charge in [0.15, 0.2) is 0 Å². The van der Waals surface area contributed by atoms with Crippen LogP contribution >= 0.6 is 0 Å². The molecule has 0 heterocycles. The van der Waals surface area contributed by atoms with Gasteiger partial charge < -0.3 is 10.1 Å². The van der Waals surface area contributed by atoms with Crippen molar-refractivity contribution in [2.24, 2.45) is 11.3 Å². The smallest absolute Gasteiger partial charge is 0.0772 e. The van der Waals surface area contributed by atoms with E-state index < -0.39 is 0 Å². The van der Waals surface area contributed by atoms with E-state index in [9.17, 15) is 0 Å². The van der Waals surface area contributed by atoms with Crippen molar-refractivity contribution in [2.45, 2.75) is 71.4 Å². The minimum atomic E-state index is 0.205. The number of hydrogen-bond acceptors (Lipinski definition) is 2. The Labute approximate surface area is 108 Å². The Bertz CT molecular complexity index is 203. The molecule has 0 aromatic heterocycles. The molecule has 0 amide bonds. The second-order valence-electron chi connectivity index (χ2n) is 6.66. The van der Waals surface area contributed by atoms with Gasteiger partial charge in [-0.25, -0.2) is 0 Å². The van der Waals surface area contributed by atoms with Gasteiger partial charge in [0.2, 0.25) is 0 Å². The lowest BCUT2D eigenvalue weighted by atomic mass is 9.78. The summed E-state index contributed by atoms with van der Waals surface area (Å²) in [5.74, 6) is 0.904. The lowest BCUT2D eigenvalue weighted by Gasteiger charge is -2.38. The van der Waals surface area contributed by atoms with Crippen LogP contribution in [0.5, 0.6) is 0 Å². The van der Waals surface area contributed by atoms with Crippen LogP contribution in [-0.2, 0) is 4.74 Å². The van der Waals surface area contributed by atoms with E-state index in [0.29, 0.717) is 12.1 Å². The standard InChI is InChI=1S/C15H31NO/c1-15(2,3)14(17-5)13(16-4)11-12-9-7-6-8-10-12/h12-14,16H,6-11H2,1-5H3. The summed E-state index contributed by atoms with van der Waals surface area (Å²) in [5, 5.41) is 3.48. The van der Waals surface area contributed by atoms with Crippen molar-refractivity contribution in [3.63, 3.8) is 0 Å². The summed E-state index contributed by atoms with van der Waals surface area (Å²) in [4.78, 5) is 0. The average molecular weight is 241 g/mol. The molecular weight excluding hydrogens is 210 g/mol. The van der Waals surface area contributed by atoms with Crippen LogP contribution in [0.1, 0.15) is 59.3 Å². The van der Waals surface area contributed by atoms with Crippen LogP contribution in [0.15, 0.2) is 0 Å². The number of methoxy groups -OCH3 is 1. The van der Waals surface area contributed by atoms with E-state index in [1.165, 1.54) is 38.5 Å². The van der Waals surface area contributed by atoms with E-state index >= 15 is 0 Å². The molecule has 0 aliphatic heterocycles. The number of nitrogens with one attached hydrogen (secondary N) is 1. The van der Waals surface area contributed by atoms with E-state index in [4.69, 9.17) is 4.74 Å². The van der Waals surface area contributed by atoms with Gasteiger partial charge in [-0.05, 0) is 24.8 Å². The first kappa shape index (κ1) is 15.0. The third-order valence-corrected chi connectivity index (χ3v) is 4.16. The fourth-order valence-electron chi connectivity index (χ4n) is 3.30. The van der Waals surface area contributed by atoms with Crippen molar-refractivity contribution in [3.05, 3.63) is 0 Å². The molecule has 1 fully saturated rings. The molecular formula is C15H31NO. The van der Waals surface area contributed by atoms with Crippen molar-refractivity contribution in [1.82, 2.24) is 5.32 Å². The van der Waals surface area contributed by atoms with Crippen LogP contribution in [-0.4, -0.2) is 26.3 Å². The second-order valence-corrected chi connectivity index (χ2v) is 6.66. The van der Waals surface area contributed by atoms with Gasteiger partial charge in [-0.15, -0.1) is 0 Å². The number of hydrogen-bond donors (Lipinski definition) is 1. The average Bonchev–Trinajstić information content (AvgIpc) is 2.28. The third kappa shape index (κ3) is 4.59. The van der Waals surface area contributed by atoms with Gasteiger partial charge in [0.05, 0.1) is 6.10 Å². The SMILES string of the molecule is CNC(CC1CCCCC1)C(OC)C(C)(C)C. The Morgan fingerprint density at radius 2 is 1.76 bits per heavy atom. The highest BCUT2D eigenvalue weighted by Crippen LogP contribution is 2.32. The first-order chi connectivity index (χ1) is 7.99. The summed E-state index contributed by atoms with van der Waals surface area (Å²) in [6.45, 7) is 6.81. The predicted molar refractivity (Wildman–Crippen MR) is 74.3 cm³/mol. The maximum absolute atomic E-state index is 5.75. The Kier molecular flexibility index (Phi) is 5.94. The van der Waals surface area contributed by atoms with Crippen molar-refractivity contribution in [3.8, 4) is 0 Å². The quantitative estimate of drug-likeness (QED) is 0.794. The predicted octanol–water partition coefficient (Wildman–Crippen LogP) is 3.61. The van der Waals surface area contributed by atoms with Crippen LogP contribution in [0.3, 0.4) is 0 Å². The zero-order valence-corrected chi connectivity index (χ0v) is 12.4. The minimum Gasteiger partial charge on any atom is -0.379 e. The van der Waals surface area contributed by atoms with E-state index in [1.54, 1.807) is 0 Å². The molecule has 1 rings (SSSR count). The van der Waals surface area contributed by atoms with Crippen molar-refractivity contribution in [1.29, 1.82) is 0 Å². The monoisotopic (exact) mass is 241 g/mol. The highest BCUT2D eigenvalue weighted by Gasteiger charge is 2.33. The molecule has 102 valence electrons. The molecule has 17 heavy (non-hydrogen) atoms. The fraction of sp³-hybridized carbons (Fsp3) is 1.00. The van der Waals surface area contributed by atoms with Crippen LogP contribution < -0.4 is 5.32 Å². The first-order valence-corrected chi connectivity index (χ1v) is 7.19. The van der Waals surface area contributed by atoms with Crippen molar-refractivity contribution >= 4 is 0 Å². The van der Waals surface area contributed by atoms with Gasteiger partial charge in [-0.3, -0.25) is 0 Å². The Balaban J connectivity index is 2.56. The molecule has 0 bridgehead atoms. The molecule has 1 aliphatic rings. The summed E-state index contributed by atoms with van der Waals surface area (Å²) in [6, 6.07) is 0.489. The molecule has 1 aliphatic carbocycles. The number of ether oxygens (including phenoxy) is 1. The molecule has 1 saturated carbocycles.